The van der Waals surface area contributed by atoms with E-state index in [1.165, 1.54) is 0 Å². The monoisotopic (exact) mass is 119 g/mol. The van der Waals surface area contributed by atoms with Crippen molar-refractivity contribution in [3.8, 4) is 6.07 Å². The molecule has 0 spiro atoms. The van der Waals surface area contributed by atoms with E-state index in [9.17, 15) is 8.78 Å². The van der Waals surface area contributed by atoms with E-state index in [1.54, 1.807) is 6.07 Å². The van der Waals surface area contributed by atoms with E-state index in [0.717, 1.165) is 6.92 Å². The van der Waals surface area contributed by atoms with Crippen molar-refractivity contribution in [2.45, 2.75) is 25.7 Å². The van der Waals surface area contributed by atoms with Crippen molar-refractivity contribution in [2.24, 2.45) is 0 Å². The molecule has 0 unspecified atom stereocenters. The quantitative estimate of drug-likeness (QED) is 0.545. The van der Waals surface area contributed by atoms with E-state index in [2.05, 4.69) is 0 Å². The smallest absolute Gasteiger partial charge is 0.207 e. The van der Waals surface area contributed by atoms with Crippen LogP contribution < -0.4 is 0 Å². The average Bonchev–Trinajstić information content (AvgIpc) is 1.59. The Hall–Kier alpha value is -0.650. The largest absolute Gasteiger partial charge is 0.246 e. The zero-order chi connectivity index (χ0) is 6.62. The summed E-state index contributed by atoms with van der Waals surface area (Å²) in [5.74, 6) is -2.67. The van der Waals surface area contributed by atoms with E-state index in [4.69, 9.17) is 5.26 Å². The van der Waals surface area contributed by atoms with Crippen LogP contribution in [0, 0.1) is 11.3 Å². The Morgan fingerprint density at radius 2 is 2.12 bits per heavy atom. The molecule has 0 fully saturated rings. The normalized spacial score (nSPS) is 10.8. The molecule has 0 aromatic rings. The van der Waals surface area contributed by atoms with Gasteiger partial charge in [0, 0.05) is 12.8 Å². The fourth-order valence-corrected chi connectivity index (χ4v) is 0.275. The molecule has 0 atom stereocenters. The molecule has 0 N–H and O–H groups in total. The van der Waals surface area contributed by atoms with Crippen molar-refractivity contribution in [3.63, 3.8) is 0 Å². The molecule has 3 heteroatoms. The number of nitriles is 1. The molecule has 8 heavy (non-hydrogen) atoms. The molecule has 0 amide bonds. The van der Waals surface area contributed by atoms with Crippen LogP contribution in [0.2, 0.25) is 0 Å². The lowest BCUT2D eigenvalue weighted by Crippen LogP contribution is -2.07. The topological polar surface area (TPSA) is 23.8 Å². The lowest BCUT2D eigenvalue weighted by atomic mass is 10.2. The third-order valence-electron chi connectivity index (χ3n) is 0.676. The Morgan fingerprint density at radius 3 is 2.25 bits per heavy atom. The summed E-state index contributed by atoms with van der Waals surface area (Å²) in [6, 6.07) is 1.64. The van der Waals surface area contributed by atoms with Gasteiger partial charge in [0.1, 0.15) is 0 Å². The molecule has 0 saturated heterocycles. The SMILES string of the molecule is CC(F)(F)CCC#N. The minimum absolute atomic E-state index is 0.0660. The molecule has 1 nitrogen and oxygen atoms in total. The van der Waals surface area contributed by atoms with Gasteiger partial charge in [0.2, 0.25) is 5.92 Å². The van der Waals surface area contributed by atoms with Crippen molar-refractivity contribution < 1.29 is 8.78 Å². The van der Waals surface area contributed by atoms with Gasteiger partial charge in [0.15, 0.2) is 0 Å². The van der Waals surface area contributed by atoms with Gasteiger partial charge in [-0.15, -0.1) is 0 Å². The van der Waals surface area contributed by atoms with E-state index >= 15 is 0 Å². The van der Waals surface area contributed by atoms with E-state index < -0.39 is 5.92 Å². The highest BCUT2D eigenvalue weighted by Crippen LogP contribution is 2.17. The molecule has 0 aliphatic heterocycles. The lowest BCUT2D eigenvalue weighted by Gasteiger charge is -2.04. The Morgan fingerprint density at radius 1 is 1.62 bits per heavy atom. The summed E-state index contributed by atoms with van der Waals surface area (Å²) in [5, 5.41) is 7.85. The first kappa shape index (κ1) is 7.35. The highest BCUT2D eigenvalue weighted by molar-refractivity contribution is 4.72. The highest BCUT2D eigenvalue weighted by Gasteiger charge is 2.19. The molecule has 0 aliphatic rings. The molecule has 0 aliphatic carbocycles. The van der Waals surface area contributed by atoms with E-state index in [-0.39, 0.29) is 12.8 Å². The van der Waals surface area contributed by atoms with Crippen LogP contribution in [0.3, 0.4) is 0 Å². The van der Waals surface area contributed by atoms with Gasteiger partial charge in [-0.3, -0.25) is 0 Å². The number of halogens is 2. The van der Waals surface area contributed by atoms with Crippen LogP contribution in [0.15, 0.2) is 0 Å². The first-order chi connectivity index (χ1) is 3.56. The molecule has 0 aromatic heterocycles. The van der Waals surface area contributed by atoms with Crippen LogP contribution in [0.25, 0.3) is 0 Å². The zero-order valence-corrected chi connectivity index (χ0v) is 4.62. The summed E-state index contributed by atoms with van der Waals surface area (Å²) in [7, 11) is 0. The minimum Gasteiger partial charge on any atom is -0.207 e. The van der Waals surface area contributed by atoms with Crippen LogP contribution >= 0.6 is 0 Å². The lowest BCUT2D eigenvalue weighted by molar-refractivity contribution is 0.0144. The van der Waals surface area contributed by atoms with Crippen LogP contribution in [0.4, 0.5) is 8.78 Å². The van der Waals surface area contributed by atoms with Gasteiger partial charge in [-0.2, -0.15) is 5.26 Å². The van der Waals surface area contributed by atoms with Crippen molar-refractivity contribution in [1.82, 2.24) is 0 Å². The molecular weight excluding hydrogens is 112 g/mol. The highest BCUT2D eigenvalue weighted by atomic mass is 19.3. The fourth-order valence-electron chi connectivity index (χ4n) is 0.275. The molecule has 0 radical (unpaired) electrons. The second-order valence-corrected chi connectivity index (χ2v) is 1.73. The molecule has 46 valence electrons. The van der Waals surface area contributed by atoms with Gasteiger partial charge < -0.3 is 0 Å². The second-order valence-electron chi connectivity index (χ2n) is 1.73. The average molecular weight is 119 g/mol. The van der Waals surface area contributed by atoms with Gasteiger partial charge in [0.05, 0.1) is 6.07 Å². The number of hydrogen-bond donors (Lipinski definition) is 0. The van der Waals surface area contributed by atoms with Crippen LogP contribution in [0.1, 0.15) is 19.8 Å². The first-order valence-corrected chi connectivity index (χ1v) is 2.31. The number of nitrogens with zero attached hydrogens (tertiary/aromatic N) is 1. The Balaban J connectivity index is 3.28. The first-order valence-electron chi connectivity index (χ1n) is 2.31. The second kappa shape index (κ2) is 2.61. The summed E-state index contributed by atoms with van der Waals surface area (Å²) < 4.78 is 23.5. The van der Waals surface area contributed by atoms with Gasteiger partial charge >= 0.3 is 0 Å². The predicted octanol–water partition coefficient (Wildman–Crippen LogP) is 1.95. The van der Waals surface area contributed by atoms with Gasteiger partial charge in [0.25, 0.3) is 0 Å². The standard InChI is InChI=1S/C5H7F2N/c1-5(6,7)3-2-4-8/h2-3H2,1H3. The Kier molecular flexibility index (Phi) is 2.40. The van der Waals surface area contributed by atoms with Gasteiger partial charge in [-0.1, -0.05) is 0 Å². The molecule has 0 saturated carbocycles. The molecule has 0 rings (SSSR count). The zero-order valence-electron chi connectivity index (χ0n) is 4.62. The summed E-state index contributed by atoms with van der Waals surface area (Å²) in [5.41, 5.74) is 0. The maximum Gasteiger partial charge on any atom is 0.246 e. The Bertz CT molecular complexity index is 98.0. The van der Waals surface area contributed by atoms with E-state index in [1.807, 2.05) is 0 Å². The fraction of sp³-hybridized carbons (Fsp3) is 0.800. The summed E-state index contributed by atoms with van der Waals surface area (Å²) >= 11 is 0. The van der Waals surface area contributed by atoms with Gasteiger partial charge in [-0.25, -0.2) is 8.78 Å². The minimum atomic E-state index is -2.67. The molecule has 0 heterocycles. The van der Waals surface area contributed by atoms with E-state index in [0.29, 0.717) is 0 Å². The molecular formula is C5H7F2N. The number of rotatable bonds is 2. The number of alkyl halides is 2. The van der Waals surface area contributed by atoms with Crippen molar-refractivity contribution in [2.75, 3.05) is 0 Å². The third kappa shape index (κ3) is 5.35. The van der Waals surface area contributed by atoms with Gasteiger partial charge in [-0.05, 0) is 6.92 Å². The van der Waals surface area contributed by atoms with Crippen LogP contribution in [-0.2, 0) is 0 Å². The molecule has 0 aromatic carbocycles. The third-order valence-corrected chi connectivity index (χ3v) is 0.676. The molecule has 0 bridgehead atoms. The summed E-state index contributed by atoms with van der Waals surface area (Å²) in [6.07, 6.45) is -0.396. The summed E-state index contributed by atoms with van der Waals surface area (Å²) in [6.45, 7) is 0.810. The maximum absolute atomic E-state index is 11.8. The summed E-state index contributed by atoms with van der Waals surface area (Å²) in [4.78, 5) is 0. The predicted molar refractivity (Wildman–Crippen MR) is 25.5 cm³/mol. The van der Waals surface area contributed by atoms with Crippen molar-refractivity contribution >= 4 is 0 Å². The number of hydrogen-bond acceptors (Lipinski definition) is 1. The van der Waals surface area contributed by atoms with Crippen molar-refractivity contribution in [1.29, 1.82) is 5.26 Å². The van der Waals surface area contributed by atoms with Crippen molar-refractivity contribution in [3.05, 3.63) is 0 Å². The maximum atomic E-state index is 11.8. The van der Waals surface area contributed by atoms with Crippen LogP contribution in [-0.4, -0.2) is 5.92 Å². The Labute approximate surface area is 46.9 Å². The van der Waals surface area contributed by atoms with Crippen LogP contribution in [0.5, 0.6) is 0 Å².